The number of ether oxygens (including phenoxy) is 1. The van der Waals surface area contributed by atoms with Gasteiger partial charge in [-0.25, -0.2) is 0 Å². The van der Waals surface area contributed by atoms with Gasteiger partial charge in [0.2, 0.25) is 11.9 Å². The van der Waals surface area contributed by atoms with Crippen molar-refractivity contribution in [1.29, 1.82) is 0 Å². The van der Waals surface area contributed by atoms with E-state index in [9.17, 15) is 0 Å². The minimum absolute atomic E-state index is 0.335. The second kappa shape index (κ2) is 6.88. The zero-order chi connectivity index (χ0) is 12.7. The third-order valence-electron chi connectivity index (χ3n) is 2.45. The van der Waals surface area contributed by atoms with E-state index in [-0.39, 0.29) is 0 Å². The highest BCUT2D eigenvalue weighted by Crippen LogP contribution is 2.13. The highest BCUT2D eigenvalue weighted by atomic mass is 16.5. The lowest BCUT2D eigenvalue weighted by Crippen LogP contribution is -2.22. The smallest absolute Gasteiger partial charge is 0.322 e. The normalized spacial score (nSPS) is 10.1. The fourth-order valence-electron chi connectivity index (χ4n) is 1.42. The molecule has 1 rings (SSSR count). The summed E-state index contributed by atoms with van der Waals surface area (Å²) >= 11 is 0. The molecule has 1 aromatic heterocycles. The van der Waals surface area contributed by atoms with E-state index in [1.807, 2.05) is 11.9 Å². The second-order valence-corrected chi connectivity index (χ2v) is 3.82. The van der Waals surface area contributed by atoms with Crippen LogP contribution in [0.1, 0.15) is 26.2 Å². The predicted octanol–water partition coefficient (Wildman–Crippen LogP) is 1.55. The molecule has 0 aliphatic heterocycles. The Balaban J connectivity index is 2.73. The highest BCUT2D eigenvalue weighted by molar-refractivity contribution is 5.37. The minimum Gasteiger partial charge on any atom is -0.467 e. The van der Waals surface area contributed by atoms with Gasteiger partial charge in [-0.3, -0.25) is 0 Å². The number of nitrogens with zero attached hydrogens (tertiary/aromatic N) is 4. The molecule has 0 saturated heterocycles. The van der Waals surface area contributed by atoms with E-state index in [1.165, 1.54) is 12.8 Å². The van der Waals surface area contributed by atoms with Crippen molar-refractivity contribution in [3.8, 4) is 6.01 Å². The summed E-state index contributed by atoms with van der Waals surface area (Å²) < 4.78 is 5.04. The van der Waals surface area contributed by atoms with Crippen molar-refractivity contribution in [1.82, 2.24) is 15.0 Å². The van der Waals surface area contributed by atoms with Crippen molar-refractivity contribution < 1.29 is 4.74 Å². The first-order chi connectivity index (χ1) is 8.21. The van der Waals surface area contributed by atoms with Gasteiger partial charge in [0.25, 0.3) is 0 Å². The first kappa shape index (κ1) is 13.5. The van der Waals surface area contributed by atoms with Crippen molar-refractivity contribution in [3.63, 3.8) is 0 Å². The summed E-state index contributed by atoms with van der Waals surface area (Å²) in [6, 6.07) is 0.335. The van der Waals surface area contributed by atoms with Gasteiger partial charge < -0.3 is 15.0 Å². The highest BCUT2D eigenvalue weighted by Gasteiger charge is 2.09. The fourth-order valence-corrected chi connectivity index (χ4v) is 1.42. The molecular formula is C11H21N5O. The molecule has 6 heteroatoms. The Bertz CT molecular complexity index is 322. The Hall–Kier alpha value is -1.59. The number of hydrogen-bond acceptors (Lipinski definition) is 6. The Labute approximate surface area is 102 Å². The molecule has 0 unspecified atom stereocenters. The Morgan fingerprint density at radius 1 is 1.24 bits per heavy atom. The summed E-state index contributed by atoms with van der Waals surface area (Å²) in [6.45, 7) is 3.12. The van der Waals surface area contributed by atoms with Crippen molar-refractivity contribution >= 4 is 11.9 Å². The standard InChI is InChI=1S/C11H21N5O/c1-5-6-7-8-16(3)10-13-9(12-2)14-11(15-10)17-4/h5-8H2,1-4H3,(H,12,13,14,15). The Kier molecular flexibility index (Phi) is 5.45. The molecule has 0 fully saturated rings. The van der Waals surface area contributed by atoms with Gasteiger partial charge in [0, 0.05) is 20.6 Å². The van der Waals surface area contributed by atoms with E-state index in [4.69, 9.17) is 4.74 Å². The maximum absolute atomic E-state index is 5.04. The molecule has 0 bridgehead atoms. The van der Waals surface area contributed by atoms with E-state index in [1.54, 1.807) is 14.2 Å². The summed E-state index contributed by atoms with van der Waals surface area (Å²) in [6.07, 6.45) is 3.55. The van der Waals surface area contributed by atoms with Gasteiger partial charge in [0.05, 0.1) is 7.11 Å². The van der Waals surface area contributed by atoms with Crippen LogP contribution >= 0.6 is 0 Å². The van der Waals surface area contributed by atoms with Crippen LogP contribution in [0.3, 0.4) is 0 Å². The maximum Gasteiger partial charge on any atom is 0.322 e. The van der Waals surface area contributed by atoms with Crippen LogP contribution in [0.25, 0.3) is 0 Å². The molecule has 0 saturated carbocycles. The number of rotatable bonds is 7. The predicted molar refractivity (Wildman–Crippen MR) is 68.7 cm³/mol. The molecule has 1 N–H and O–H groups in total. The van der Waals surface area contributed by atoms with Gasteiger partial charge in [-0.05, 0) is 6.42 Å². The summed E-state index contributed by atoms with van der Waals surface area (Å²) in [5.74, 6) is 1.16. The molecule has 0 atom stereocenters. The van der Waals surface area contributed by atoms with Crippen molar-refractivity contribution in [2.75, 3.05) is 38.0 Å². The van der Waals surface area contributed by atoms with Crippen LogP contribution in [-0.4, -0.2) is 42.7 Å². The molecule has 0 amide bonds. The van der Waals surface area contributed by atoms with Crippen molar-refractivity contribution in [2.45, 2.75) is 26.2 Å². The average molecular weight is 239 g/mol. The first-order valence-electron chi connectivity index (χ1n) is 5.90. The second-order valence-electron chi connectivity index (χ2n) is 3.82. The van der Waals surface area contributed by atoms with Crippen molar-refractivity contribution in [3.05, 3.63) is 0 Å². The molecule has 96 valence electrons. The Morgan fingerprint density at radius 2 is 2.00 bits per heavy atom. The first-order valence-corrected chi connectivity index (χ1v) is 5.90. The van der Waals surface area contributed by atoms with E-state index < -0.39 is 0 Å². The summed E-state index contributed by atoms with van der Waals surface area (Å²) in [5.41, 5.74) is 0. The van der Waals surface area contributed by atoms with Gasteiger partial charge in [-0.1, -0.05) is 19.8 Å². The van der Waals surface area contributed by atoms with E-state index in [0.717, 1.165) is 13.0 Å². The van der Waals surface area contributed by atoms with Crippen LogP contribution in [0, 0.1) is 0 Å². The van der Waals surface area contributed by atoms with Crippen LogP contribution in [-0.2, 0) is 0 Å². The average Bonchev–Trinajstić information content (AvgIpc) is 2.38. The fraction of sp³-hybridized carbons (Fsp3) is 0.727. The molecular weight excluding hydrogens is 218 g/mol. The van der Waals surface area contributed by atoms with Crippen LogP contribution in [0.5, 0.6) is 6.01 Å². The largest absolute Gasteiger partial charge is 0.467 e. The van der Waals surface area contributed by atoms with Gasteiger partial charge in [-0.15, -0.1) is 0 Å². The zero-order valence-electron chi connectivity index (χ0n) is 11.0. The van der Waals surface area contributed by atoms with Crippen LogP contribution < -0.4 is 15.0 Å². The lowest BCUT2D eigenvalue weighted by atomic mass is 10.2. The number of methoxy groups -OCH3 is 1. The lowest BCUT2D eigenvalue weighted by Gasteiger charge is -2.17. The SMILES string of the molecule is CCCCCN(C)c1nc(NC)nc(OC)n1. The maximum atomic E-state index is 5.04. The summed E-state index contributed by atoms with van der Waals surface area (Å²) in [5, 5.41) is 2.90. The molecule has 0 aromatic carbocycles. The molecule has 0 aliphatic rings. The van der Waals surface area contributed by atoms with Gasteiger partial charge in [0.1, 0.15) is 0 Å². The molecule has 0 aliphatic carbocycles. The van der Waals surface area contributed by atoms with Crippen LogP contribution in [0.15, 0.2) is 0 Å². The van der Waals surface area contributed by atoms with Gasteiger partial charge >= 0.3 is 6.01 Å². The molecule has 1 heterocycles. The zero-order valence-corrected chi connectivity index (χ0v) is 11.0. The number of hydrogen-bond donors (Lipinski definition) is 1. The Morgan fingerprint density at radius 3 is 2.59 bits per heavy atom. The van der Waals surface area contributed by atoms with Gasteiger partial charge in [0.15, 0.2) is 0 Å². The van der Waals surface area contributed by atoms with Crippen LogP contribution in [0.4, 0.5) is 11.9 Å². The summed E-state index contributed by atoms with van der Waals surface area (Å²) in [4.78, 5) is 14.6. The molecule has 6 nitrogen and oxygen atoms in total. The van der Waals surface area contributed by atoms with E-state index in [0.29, 0.717) is 17.9 Å². The van der Waals surface area contributed by atoms with E-state index >= 15 is 0 Å². The minimum atomic E-state index is 0.335. The quantitative estimate of drug-likeness (QED) is 0.728. The topological polar surface area (TPSA) is 63.2 Å². The third kappa shape index (κ3) is 4.05. The number of nitrogens with one attached hydrogen (secondary N) is 1. The number of unbranched alkanes of at least 4 members (excludes halogenated alkanes) is 2. The molecule has 1 aromatic rings. The number of aromatic nitrogens is 3. The molecule has 0 radical (unpaired) electrons. The van der Waals surface area contributed by atoms with Gasteiger partial charge in [-0.2, -0.15) is 15.0 Å². The van der Waals surface area contributed by atoms with Crippen LogP contribution in [0.2, 0.25) is 0 Å². The summed E-state index contributed by atoms with van der Waals surface area (Å²) in [7, 11) is 5.30. The lowest BCUT2D eigenvalue weighted by molar-refractivity contribution is 0.379. The monoisotopic (exact) mass is 239 g/mol. The number of anilines is 2. The third-order valence-corrected chi connectivity index (χ3v) is 2.45. The van der Waals surface area contributed by atoms with E-state index in [2.05, 4.69) is 27.2 Å². The molecule has 17 heavy (non-hydrogen) atoms. The molecule has 0 spiro atoms. The van der Waals surface area contributed by atoms with Crippen molar-refractivity contribution in [2.24, 2.45) is 0 Å².